The Kier molecular flexibility index (Phi) is 34.0. The topological polar surface area (TPSA) is 325 Å². The first-order valence-electron chi connectivity index (χ1n) is 26.4. The van der Waals surface area contributed by atoms with Gasteiger partial charge in [-0.3, -0.25) is 24.0 Å². The monoisotopic (exact) mass is 1180 g/mol. The van der Waals surface area contributed by atoms with E-state index in [1.54, 1.807) is 50.4 Å². The van der Waals surface area contributed by atoms with Crippen LogP contribution >= 0.6 is 0 Å². The quantitative estimate of drug-likeness (QED) is 0.0177. The first-order valence-corrected chi connectivity index (χ1v) is 26.4. The molecule has 3 unspecified atom stereocenters. The van der Waals surface area contributed by atoms with Gasteiger partial charge in [-0.05, 0) is 80.8 Å². The first-order chi connectivity index (χ1) is 40.0. The highest BCUT2D eigenvalue weighted by Crippen LogP contribution is 2.40. The summed E-state index contributed by atoms with van der Waals surface area (Å²) in [6, 6.07) is 21.2. The second kappa shape index (κ2) is 39.9. The Morgan fingerprint density at radius 2 is 0.679 bits per heavy atom. The molecule has 24 heteroatoms. The molecule has 0 aromatic heterocycles. The van der Waals surface area contributed by atoms with Crippen LogP contribution in [0.3, 0.4) is 0 Å². The Morgan fingerprint density at radius 3 is 0.952 bits per heavy atom. The number of aliphatic hydroxyl groups excluding tert-OH is 3. The third-order valence-corrected chi connectivity index (χ3v) is 11.2. The molecule has 3 aromatic carbocycles. The van der Waals surface area contributed by atoms with Gasteiger partial charge in [0.15, 0.2) is 0 Å². The summed E-state index contributed by atoms with van der Waals surface area (Å²) in [6.07, 6.45) is -4.18. The highest BCUT2D eigenvalue weighted by atomic mass is 16.6. The minimum Gasteiger partial charge on any atom is -0.491 e. The van der Waals surface area contributed by atoms with Gasteiger partial charge in [0, 0.05) is 35.7 Å². The van der Waals surface area contributed by atoms with Gasteiger partial charge in [-0.25, -0.2) is 14.4 Å². The van der Waals surface area contributed by atoms with E-state index in [1.165, 1.54) is 13.8 Å². The van der Waals surface area contributed by atoms with E-state index in [0.717, 1.165) is 16.7 Å². The minimum atomic E-state index is -1.21. The molecule has 0 fully saturated rings. The van der Waals surface area contributed by atoms with E-state index in [4.69, 9.17) is 47.4 Å². The minimum absolute atomic E-state index is 0.0155. The molecule has 24 nitrogen and oxygen atoms in total. The first kappa shape index (κ1) is 71.7. The number of aliphatic hydroxyl groups is 3. The van der Waals surface area contributed by atoms with Crippen LogP contribution in [0.15, 0.2) is 109 Å². The smallest absolute Gasteiger partial charge is 0.333 e. The molecule has 3 N–H and O–H groups in total. The number of methoxy groups -OCH3 is 1. The molecular formula is C60H76O24. The molecule has 0 spiro atoms. The van der Waals surface area contributed by atoms with Crippen LogP contribution in [-0.2, 0) is 91.2 Å². The molecule has 0 amide bonds. The van der Waals surface area contributed by atoms with Crippen LogP contribution in [0.1, 0.15) is 82.9 Å². The van der Waals surface area contributed by atoms with Gasteiger partial charge in [0.25, 0.3) is 0 Å². The highest BCUT2D eigenvalue weighted by molar-refractivity contribution is 5.88. The van der Waals surface area contributed by atoms with Crippen molar-refractivity contribution in [3.8, 4) is 17.2 Å². The molecular weight excluding hydrogens is 1100 g/mol. The van der Waals surface area contributed by atoms with Crippen molar-refractivity contribution >= 4 is 54.0 Å². The van der Waals surface area contributed by atoms with Gasteiger partial charge < -0.3 is 77.0 Å². The highest BCUT2D eigenvalue weighted by Gasteiger charge is 2.32. The Bertz CT molecular complexity index is 2490. The van der Waals surface area contributed by atoms with Gasteiger partial charge in [-0.1, -0.05) is 56.1 Å². The van der Waals surface area contributed by atoms with Gasteiger partial charge in [-0.2, -0.15) is 0 Å². The molecule has 3 atom stereocenters. The van der Waals surface area contributed by atoms with E-state index in [1.807, 2.05) is 43.3 Å². The third kappa shape index (κ3) is 29.5. The second-order valence-corrected chi connectivity index (χ2v) is 18.5. The van der Waals surface area contributed by atoms with Crippen LogP contribution in [-0.4, -0.2) is 174 Å². The van der Waals surface area contributed by atoms with Gasteiger partial charge in [-0.15, -0.1) is 0 Å². The summed E-state index contributed by atoms with van der Waals surface area (Å²) < 4.78 is 61.3. The molecule has 0 saturated carbocycles. The van der Waals surface area contributed by atoms with Crippen LogP contribution in [0, 0.1) is 0 Å². The summed E-state index contributed by atoms with van der Waals surface area (Å²) in [4.78, 5) is 104. The van der Waals surface area contributed by atoms with Crippen LogP contribution < -0.4 is 14.2 Å². The molecule has 84 heavy (non-hydrogen) atoms. The normalized spacial score (nSPS) is 12.3. The van der Waals surface area contributed by atoms with Gasteiger partial charge >= 0.3 is 47.8 Å². The molecule has 0 radical (unpaired) electrons. The van der Waals surface area contributed by atoms with Crippen LogP contribution in [0.4, 0.5) is 0 Å². The molecule has 460 valence electrons. The number of esters is 8. The molecule has 0 aliphatic heterocycles. The zero-order valence-electron chi connectivity index (χ0n) is 48.0. The van der Waals surface area contributed by atoms with E-state index in [2.05, 4.69) is 29.2 Å². The fourth-order valence-electron chi connectivity index (χ4n) is 6.56. The van der Waals surface area contributed by atoms with Gasteiger partial charge in [0.1, 0.15) is 115 Å². The van der Waals surface area contributed by atoms with Crippen LogP contribution in [0.25, 0.3) is 0 Å². The zero-order valence-corrected chi connectivity index (χ0v) is 48.0. The van der Waals surface area contributed by atoms with Crippen molar-refractivity contribution in [3.63, 3.8) is 0 Å². The predicted octanol–water partition coefficient (Wildman–Crippen LogP) is 4.51. The Labute approximate surface area is 487 Å². The fourth-order valence-corrected chi connectivity index (χ4v) is 6.56. The fraction of sp³-hybridized carbons (Fsp3) is 0.450. The molecule has 0 bridgehead atoms. The molecule has 0 aliphatic carbocycles. The molecule has 3 rings (SSSR count). The Morgan fingerprint density at radius 1 is 0.417 bits per heavy atom. The maximum absolute atomic E-state index is 12.2. The van der Waals surface area contributed by atoms with Crippen molar-refractivity contribution in [1.29, 1.82) is 0 Å². The largest absolute Gasteiger partial charge is 0.491 e. The Balaban J connectivity index is 0.00000219. The van der Waals surface area contributed by atoms with E-state index in [9.17, 15) is 58.5 Å². The number of carbonyl (C=O) groups excluding carboxylic acids is 9. The maximum atomic E-state index is 12.2. The maximum Gasteiger partial charge on any atom is 0.333 e. The number of aldehydes is 1. The summed E-state index contributed by atoms with van der Waals surface area (Å²) in [6.45, 7) is 15.1. The van der Waals surface area contributed by atoms with Crippen molar-refractivity contribution in [1.82, 2.24) is 0 Å². The lowest BCUT2D eigenvalue weighted by atomic mass is 9.71. The Hall–Kier alpha value is -8.45. The van der Waals surface area contributed by atoms with Crippen LogP contribution in [0.5, 0.6) is 17.2 Å². The number of hydrogen-bond acceptors (Lipinski definition) is 24. The molecule has 0 heterocycles. The summed E-state index contributed by atoms with van der Waals surface area (Å²) in [7, 11) is 1.55. The predicted molar refractivity (Wildman–Crippen MR) is 297 cm³/mol. The molecule has 0 aliphatic rings. The van der Waals surface area contributed by atoms with Gasteiger partial charge in [0.05, 0.1) is 38.7 Å². The number of hydrogen-bond donors (Lipinski definition) is 3. The van der Waals surface area contributed by atoms with Crippen molar-refractivity contribution < 1.29 is 115 Å². The number of benzene rings is 3. The summed E-state index contributed by atoms with van der Waals surface area (Å²) in [5.74, 6) is -3.91. The average Bonchev–Trinajstić information content (AvgIpc) is 3.26. The third-order valence-electron chi connectivity index (χ3n) is 11.2. The summed E-state index contributed by atoms with van der Waals surface area (Å²) in [5, 5.41) is 31.3. The molecule has 0 saturated heterocycles. The molecule has 3 aromatic rings. The number of rotatable bonds is 39. The van der Waals surface area contributed by atoms with E-state index in [0.29, 0.717) is 42.3 Å². The van der Waals surface area contributed by atoms with E-state index >= 15 is 0 Å². The van der Waals surface area contributed by atoms with Gasteiger partial charge in [0.2, 0.25) is 0 Å². The van der Waals surface area contributed by atoms with Crippen molar-refractivity contribution in [2.45, 2.75) is 89.9 Å². The summed E-state index contributed by atoms with van der Waals surface area (Å²) in [5.41, 5.74) is 2.37. The van der Waals surface area contributed by atoms with E-state index in [-0.39, 0.29) is 108 Å². The SMILES string of the molecule is C=C(C)C(=O)OCCOC.C=C(C)C(=O)OCCOC(=O)CCC(=O)OCC(O)COc1ccc(C(C)(c2ccc(OCC(O)COC(=O)CCC=O)cc2)c2ccc(OCC(O)COC(=O)CCC(=O)OCCOC(=O)C(=C)C)cc2)cc1. The zero-order chi connectivity index (χ0) is 62.5. The lowest BCUT2D eigenvalue weighted by molar-refractivity contribution is -0.154. The number of ether oxygens (including phenoxy) is 12. The van der Waals surface area contributed by atoms with Crippen LogP contribution in [0.2, 0.25) is 0 Å². The van der Waals surface area contributed by atoms with E-state index < -0.39 is 78.7 Å². The lowest BCUT2D eigenvalue weighted by Gasteiger charge is -2.32. The lowest BCUT2D eigenvalue weighted by Crippen LogP contribution is -2.27. The van der Waals surface area contributed by atoms with Crippen molar-refractivity contribution in [3.05, 3.63) is 126 Å². The standard InChI is InChI=1S/C53H64O21.C7H12O3/c1-35(2)51(63)67-27-25-65-47(59)20-22-49(61)73-33-41(56)30-70-44-16-10-38(11-17-44)53(5,37-8-14-43(15-9-37)69-29-40(55)32-72-46(58)7-6-24-54)39-12-18-45(19-13-39)71-31-42(57)34-74-50(62)23-21-48(60)66-26-28-68-52(64)36(3)4;1-6(2)7(8)10-5-4-9-3/h8-19,24,40-42,55-57H,1,3,6-7,20-23,25-34H2,2,4-5H3;1,4-5H2,2-3H3. The average molecular weight is 1180 g/mol. The number of carbonyl (C=O) groups is 9. The van der Waals surface area contributed by atoms with Crippen molar-refractivity contribution in [2.24, 2.45) is 0 Å². The second-order valence-electron chi connectivity index (χ2n) is 18.5. The summed E-state index contributed by atoms with van der Waals surface area (Å²) >= 11 is 0. The van der Waals surface area contributed by atoms with Crippen molar-refractivity contribution in [2.75, 3.05) is 86.4 Å².